The standard InChI is InChI=1S/C27H31ClN2O6S/c1-5-29(16-22-8-7-11-35-22)9-10-30(6-2)21-13-20-17-37(32,33)24-14-19(27(31)34-4)12-18(3)25(24)36-26(20)23(28)15-21/h7-8,11-15H,5-6,9-10,16-17H2,1-4H3. The molecule has 10 heteroatoms. The molecule has 4 rings (SSSR count). The fourth-order valence-corrected chi connectivity index (χ4v) is 6.31. The van der Waals surface area contributed by atoms with Gasteiger partial charge in [-0.15, -0.1) is 0 Å². The Morgan fingerprint density at radius 3 is 2.54 bits per heavy atom. The second-order valence-electron chi connectivity index (χ2n) is 8.92. The highest BCUT2D eigenvalue weighted by Crippen LogP contribution is 2.45. The SMILES string of the molecule is CCN(CCN(CC)c1cc(Cl)c2c(c1)CS(=O)(=O)c1cc(C(=O)OC)cc(C)c1O2)Cc1ccco1. The molecule has 1 aromatic heterocycles. The van der Waals surface area contributed by atoms with Gasteiger partial charge in [0.25, 0.3) is 0 Å². The van der Waals surface area contributed by atoms with E-state index in [1.807, 2.05) is 31.2 Å². The number of hydrogen-bond acceptors (Lipinski definition) is 8. The molecule has 198 valence electrons. The van der Waals surface area contributed by atoms with Crippen LogP contribution in [-0.4, -0.2) is 52.6 Å². The summed E-state index contributed by atoms with van der Waals surface area (Å²) in [4.78, 5) is 16.5. The van der Waals surface area contributed by atoms with Gasteiger partial charge in [-0.1, -0.05) is 18.5 Å². The average molecular weight is 547 g/mol. The normalized spacial score (nSPS) is 13.9. The quantitative estimate of drug-likeness (QED) is 0.327. The van der Waals surface area contributed by atoms with Gasteiger partial charge >= 0.3 is 5.97 Å². The van der Waals surface area contributed by atoms with Crippen LogP contribution in [0.1, 0.15) is 41.1 Å². The van der Waals surface area contributed by atoms with Gasteiger partial charge in [-0.05, 0) is 62.4 Å². The molecule has 0 fully saturated rings. The van der Waals surface area contributed by atoms with E-state index in [2.05, 4.69) is 16.7 Å². The van der Waals surface area contributed by atoms with Crippen LogP contribution in [0.15, 0.2) is 52.0 Å². The van der Waals surface area contributed by atoms with E-state index in [1.54, 1.807) is 19.3 Å². The van der Waals surface area contributed by atoms with Gasteiger partial charge in [0.05, 0.1) is 36.3 Å². The molecule has 2 aromatic carbocycles. The summed E-state index contributed by atoms with van der Waals surface area (Å²) in [6.07, 6.45) is 1.67. The number of ether oxygens (including phenoxy) is 2. The maximum absolute atomic E-state index is 13.4. The van der Waals surface area contributed by atoms with E-state index in [9.17, 15) is 13.2 Å². The first-order valence-electron chi connectivity index (χ1n) is 12.1. The Morgan fingerprint density at radius 2 is 1.89 bits per heavy atom. The van der Waals surface area contributed by atoms with Crippen LogP contribution in [0.2, 0.25) is 5.02 Å². The van der Waals surface area contributed by atoms with Gasteiger partial charge in [-0.3, -0.25) is 4.90 Å². The Labute approximate surface area is 222 Å². The van der Waals surface area contributed by atoms with Gasteiger partial charge in [-0.25, -0.2) is 13.2 Å². The number of nitrogens with zero attached hydrogens (tertiary/aromatic N) is 2. The first kappa shape index (κ1) is 27.0. The zero-order chi connectivity index (χ0) is 26.7. The maximum Gasteiger partial charge on any atom is 0.337 e. The second-order valence-corrected chi connectivity index (χ2v) is 11.3. The minimum atomic E-state index is -3.83. The molecule has 0 N–H and O–H groups in total. The third-order valence-electron chi connectivity index (χ3n) is 6.49. The third-order valence-corrected chi connectivity index (χ3v) is 8.44. The fraction of sp³-hybridized carbons (Fsp3) is 0.370. The molecule has 0 atom stereocenters. The van der Waals surface area contributed by atoms with Gasteiger partial charge in [0, 0.05) is 30.9 Å². The number of carbonyl (C=O) groups excluding carboxylic acids is 1. The van der Waals surface area contributed by atoms with Crippen molar-refractivity contribution in [3.63, 3.8) is 0 Å². The van der Waals surface area contributed by atoms with E-state index in [0.29, 0.717) is 35.0 Å². The summed E-state index contributed by atoms with van der Waals surface area (Å²) in [7, 11) is -2.58. The summed E-state index contributed by atoms with van der Waals surface area (Å²) in [5.74, 6) is 0.473. The highest BCUT2D eigenvalue weighted by molar-refractivity contribution is 7.90. The van der Waals surface area contributed by atoms with E-state index < -0.39 is 15.8 Å². The molecule has 3 aromatic rings. The molecule has 1 aliphatic heterocycles. The van der Waals surface area contributed by atoms with Crippen LogP contribution in [0, 0.1) is 6.92 Å². The van der Waals surface area contributed by atoms with Crippen molar-refractivity contribution in [2.24, 2.45) is 0 Å². The molecule has 0 saturated heterocycles. The van der Waals surface area contributed by atoms with Crippen LogP contribution in [0.4, 0.5) is 5.69 Å². The summed E-state index contributed by atoms with van der Waals surface area (Å²) in [5.41, 5.74) is 1.94. The van der Waals surface area contributed by atoms with Gasteiger partial charge in [0.15, 0.2) is 9.84 Å². The molecule has 8 nitrogen and oxygen atoms in total. The number of rotatable bonds is 9. The molecule has 0 amide bonds. The molecule has 0 bridgehead atoms. The van der Waals surface area contributed by atoms with Crippen molar-refractivity contribution >= 4 is 33.1 Å². The number of methoxy groups -OCH3 is 1. The Balaban J connectivity index is 1.63. The highest BCUT2D eigenvalue weighted by atomic mass is 35.5. The maximum atomic E-state index is 13.4. The van der Waals surface area contributed by atoms with E-state index in [4.69, 9.17) is 25.5 Å². The molecule has 1 aliphatic rings. The number of esters is 1. The van der Waals surface area contributed by atoms with Crippen molar-refractivity contribution < 1.29 is 27.1 Å². The van der Waals surface area contributed by atoms with E-state index in [0.717, 1.165) is 31.1 Å². The van der Waals surface area contributed by atoms with Crippen molar-refractivity contribution in [1.82, 2.24) is 4.90 Å². The number of fused-ring (bicyclic) bond motifs is 2. The zero-order valence-corrected chi connectivity index (χ0v) is 23.0. The molecule has 37 heavy (non-hydrogen) atoms. The summed E-state index contributed by atoms with van der Waals surface area (Å²) in [6, 6.07) is 10.3. The minimum Gasteiger partial charge on any atom is -0.468 e. The molecule has 0 radical (unpaired) electrons. The first-order chi connectivity index (χ1) is 17.7. The van der Waals surface area contributed by atoms with Crippen molar-refractivity contribution in [3.8, 4) is 11.5 Å². The van der Waals surface area contributed by atoms with Crippen molar-refractivity contribution in [2.75, 3.05) is 38.2 Å². The van der Waals surface area contributed by atoms with Gasteiger partial charge < -0.3 is 18.8 Å². The Hall–Kier alpha value is -3.01. The smallest absolute Gasteiger partial charge is 0.337 e. The zero-order valence-electron chi connectivity index (χ0n) is 21.4. The summed E-state index contributed by atoms with van der Waals surface area (Å²) < 4.78 is 43.2. The number of benzene rings is 2. The predicted molar refractivity (Wildman–Crippen MR) is 142 cm³/mol. The summed E-state index contributed by atoms with van der Waals surface area (Å²) >= 11 is 6.68. The minimum absolute atomic E-state index is 0.0504. The number of carbonyl (C=O) groups is 1. The third kappa shape index (κ3) is 5.79. The van der Waals surface area contributed by atoms with Gasteiger partial charge in [0.1, 0.15) is 22.2 Å². The number of anilines is 1. The number of halogens is 1. The van der Waals surface area contributed by atoms with E-state index in [1.165, 1.54) is 13.2 Å². The number of hydrogen-bond donors (Lipinski definition) is 0. The van der Waals surface area contributed by atoms with Gasteiger partial charge in [-0.2, -0.15) is 0 Å². The Kier molecular flexibility index (Phi) is 8.16. The molecular formula is C27H31ClN2O6S. The second kappa shape index (κ2) is 11.2. The highest BCUT2D eigenvalue weighted by Gasteiger charge is 2.31. The molecular weight excluding hydrogens is 516 g/mol. The number of likely N-dealkylation sites (N-methyl/N-ethyl adjacent to an activating group) is 2. The largest absolute Gasteiger partial charge is 0.468 e. The van der Waals surface area contributed by atoms with Gasteiger partial charge in [0.2, 0.25) is 0 Å². The molecule has 0 saturated carbocycles. The van der Waals surface area contributed by atoms with Crippen LogP contribution in [0.25, 0.3) is 0 Å². The number of aryl methyl sites for hydroxylation is 1. The van der Waals surface area contributed by atoms with Crippen molar-refractivity contribution in [1.29, 1.82) is 0 Å². The summed E-state index contributed by atoms with van der Waals surface area (Å²) in [6.45, 7) is 9.63. The Morgan fingerprint density at radius 1 is 1.11 bits per heavy atom. The Bertz CT molecular complexity index is 1390. The van der Waals surface area contributed by atoms with Crippen LogP contribution in [0.3, 0.4) is 0 Å². The molecule has 0 aliphatic carbocycles. The number of sulfone groups is 1. The fourth-order valence-electron chi connectivity index (χ4n) is 4.47. The molecule has 2 heterocycles. The monoisotopic (exact) mass is 546 g/mol. The average Bonchev–Trinajstić information content (AvgIpc) is 3.34. The van der Waals surface area contributed by atoms with Crippen LogP contribution < -0.4 is 9.64 Å². The lowest BCUT2D eigenvalue weighted by Gasteiger charge is -2.28. The van der Waals surface area contributed by atoms with Crippen LogP contribution >= 0.6 is 11.6 Å². The van der Waals surface area contributed by atoms with Crippen LogP contribution in [-0.2, 0) is 26.9 Å². The first-order valence-corrected chi connectivity index (χ1v) is 14.2. The van der Waals surface area contributed by atoms with Crippen molar-refractivity contribution in [3.05, 3.63) is 70.1 Å². The van der Waals surface area contributed by atoms with E-state index >= 15 is 0 Å². The lowest BCUT2D eigenvalue weighted by Crippen LogP contribution is -2.35. The van der Waals surface area contributed by atoms with Crippen molar-refractivity contribution in [2.45, 2.75) is 38.0 Å². The lowest BCUT2D eigenvalue weighted by atomic mass is 10.1. The lowest BCUT2D eigenvalue weighted by molar-refractivity contribution is 0.0600. The topological polar surface area (TPSA) is 89.3 Å². The number of furan rings is 1. The predicted octanol–water partition coefficient (Wildman–Crippen LogP) is 5.46. The van der Waals surface area contributed by atoms with Crippen LogP contribution in [0.5, 0.6) is 11.5 Å². The molecule has 0 spiro atoms. The van der Waals surface area contributed by atoms with E-state index in [-0.39, 0.29) is 22.0 Å². The molecule has 0 unspecified atom stereocenters. The summed E-state index contributed by atoms with van der Waals surface area (Å²) in [5, 5.41) is 0.327.